The van der Waals surface area contributed by atoms with Crippen LogP contribution in [0.25, 0.3) is 0 Å². The van der Waals surface area contributed by atoms with Gasteiger partial charge in [0.05, 0.1) is 25.4 Å². The van der Waals surface area contributed by atoms with Gasteiger partial charge in [-0.1, -0.05) is 13.8 Å². The third-order valence-electron chi connectivity index (χ3n) is 2.92. The largest absolute Gasteiger partial charge is 0.374 e. The molecule has 2 rings (SSSR count). The van der Waals surface area contributed by atoms with E-state index in [1.807, 2.05) is 0 Å². The molecule has 3 heteroatoms. The van der Waals surface area contributed by atoms with Crippen LogP contribution in [0.4, 0.5) is 0 Å². The number of rotatable bonds is 1. The first-order valence-electron chi connectivity index (χ1n) is 5.23. The molecule has 0 saturated carbocycles. The van der Waals surface area contributed by atoms with Crippen molar-refractivity contribution in [3.8, 4) is 0 Å². The predicted octanol–water partition coefficient (Wildman–Crippen LogP) is 0.742. The van der Waals surface area contributed by atoms with Gasteiger partial charge in [0.2, 0.25) is 0 Å². The molecule has 0 aliphatic carbocycles. The van der Waals surface area contributed by atoms with Crippen LogP contribution in [-0.4, -0.2) is 50.0 Å². The van der Waals surface area contributed by atoms with E-state index in [9.17, 15) is 0 Å². The van der Waals surface area contributed by atoms with Crippen molar-refractivity contribution < 1.29 is 9.47 Å². The first-order chi connectivity index (χ1) is 6.27. The molecular formula is C10H19NO2. The summed E-state index contributed by atoms with van der Waals surface area (Å²) in [6.45, 7) is 9.35. The van der Waals surface area contributed by atoms with Crippen LogP contribution in [0.2, 0.25) is 0 Å². The van der Waals surface area contributed by atoms with E-state index in [0.29, 0.717) is 18.1 Å². The van der Waals surface area contributed by atoms with Crippen LogP contribution in [0.3, 0.4) is 0 Å². The highest BCUT2D eigenvalue weighted by atomic mass is 16.5. The van der Waals surface area contributed by atoms with Crippen molar-refractivity contribution in [1.29, 1.82) is 0 Å². The van der Waals surface area contributed by atoms with Gasteiger partial charge in [0.15, 0.2) is 0 Å². The maximum Gasteiger partial charge on any atom is 0.0966 e. The molecule has 1 unspecified atom stereocenters. The molecule has 13 heavy (non-hydrogen) atoms. The maximum atomic E-state index is 5.81. The monoisotopic (exact) mass is 185 g/mol. The molecule has 2 fully saturated rings. The second kappa shape index (κ2) is 3.95. The van der Waals surface area contributed by atoms with Gasteiger partial charge < -0.3 is 9.47 Å². The minimum atomic E-state index is 0.297. The van der Waals surface area contributed by atoms with Gasteiger partial charge in [0.1, 0.15) is 0 Å². The summed E-state index contributed by atoms with van der Waals surface area (Å²) in [6, 6.07) is 0. The number of hydrogen-bond acceptors (Lipinski definition) is 3. The topological polar surface area (TPSA) is 21.7 Å². The molecule has 0 N–H and O–H groups in total. The Balaban J connectivity index is 2.03. The fourth-order valence-corrected chi connectivity index (χ4v) is 2.18. The molecule has 0 aromatic rings. The third-order valence-corrected chi connectivity index (χ3v) is 2.92. The molecule has 0 radical (unpaired) electrons. The quantitative estimate of drug-likeness (QED) is 0.601. The van der Waals surface area contributed by atoms with E-state index < -0.39 is 0 Å². The molecule has 2 saturated heterocycles. The van der Waals surface area contributed by atoms with Gasteiger partial charge in [-0.05, 0) is 5.92 Å². The number of fused-ring (bicyclic) bond motifs is 2. The van der Waals surface area contributed by atoms with Crippen LogP contribution in [0.15, 0.2) is 0 Å². The highest BCUT2D eigenvalue weighted by molar-refractivity contribution is 4.83. The van der Waals surface area contributed by atoms with E-state index in [-0.39, 0.29) is 0 Å². The first kappa shape index (κ1) is 9.44. The van der Waals surface area contributed by atoms with E-state index in [2.05, 4.69) is 18.7 Å². The van der Waals surface area contributed by atoms with Gasteiger partial charge in [-0.15, -0.1) is 0 Å². The SMILES string of the molecule is CC(C)[C@@H]1OCCN2CCO[C@@H]1C2. The molecule has 0 aromatic carbocycles. The highest BCUT2D eigenvalue weighted by Crippen LogP contribution is 2.20. The Bertz CT molecular complexity index is 172. The average Bonchev–Trinajstić information content (AvgIpc) is 2.25. The Kier molecular flexibility index (Phi) is 2.86. The first-order valence-corrected chi connectivity index (χ1v) is 5.23. The van der Waals surface area contributed by atoms with Crippen molar-refractivity contribution in [1.82, 2.24) is 4.90 Å². The maximum absolute atomic E-state index is 5.81. The average molecular weight is 185 g/mol. The summed E-state index contributed by atoms with van der Waals surface area (Å²) in [5.41, 5.74) is 0. The van der Waals surface area contributed by atoms with Crippen LogP contribution in [0.5, 0.6) is 0 Å². The Labute approximate surface area is 80.0 Å². The standard InChI is InChI=1S/C10H19NO2/c1-8(2)10-9-7-11(3-5-12-9)4-6-13-10/h8-10H,3-7H2,1-2H3/t9-,10+/m1/s1. The Morgan fingerprint density at radius 3 is 2.54 bits per heavy atom. The fourth-order valence-electron chi connectivity index (χ4n) is 2.18. The summed E-state index contributed by atoms with van der Waals surface area (Å²) in [7, 11) is 0. The van der Waals surface area contributed by atoms with Crippen molar-refractivity contribution >= 4 is 0 Å². The van der Waals surface area contributed by atoms with Crippen LogP contribution in [0, 0.1) is 5.92 Å². The van der Waals surface area contributed by atoms with Gasteiger partial charge in [0, 0.05) is 19.6 Å². The molecule has 0 spiro atoms. The molecule has 0 amide bonds. The second-order valence-electron chi connectivity index (χ2n) is 4.29. The zero-order valence-corrected chi connectivity index (χ0v) is 8.53. The molecule has 76 valence electrons. The number of nitrogens with zero attached hydrogens (tertiary/aromatic N) is 1. The van der Waals surface area contributed by atoms with Crippen molar-refractivity contribution in [2.24, 2.45) is 5.92 Å². The van der Waals surface area contributed by atoms with Gasteiger partial charge in [-0.3, -0.25) is 4.90 Å². The van der Waals surface area contributed by atoms with Gasteiger partial charge >= 0.3 is 0 Å². The Morgan fingerprint density at radius 1 is 1.15 bits per heavy atom. The Morgan fingerprint density at radius 2 is 1.85 bits per heavy atom. The van der Waals surface area contributed by atoms with E-state index in [1.165, 1.54) is 0 Å². The molecule has 0 aromatic heterocycles. The fraction of sp³-hybridized carbons (Fsp3) is 1.00. The lowest BCUT2D eigenvalue weighted by atomic mass is 10.0. The summed E-state index contributed by atoms with van der Waals surface area (Å²) in [5, 5.41) is 0. The van der Waals surface area contributed by atoms with Gasteiger partial charge in [-0.25, -0.2) is 0 Å². The molecule has 2 bridgehead atoms. The lowest BCUT2D eigenvalue weighted by molar-refractivity contribution is -0.0949. The van der Waals surface area contributed by atoms with Gasteiger partial charge in [0.25, 0.3) is 0 Å². The zero-order chi connectivity index (χ0) is 9.26. The van der Waals surface area contributed by atoms with Crippen molar-refractivity contribution in [2.75, 3.05) is 32.8 Å². The van der Waals surface area contributed by atoms with E-state index in [0.717, 1.165) is 32.8 Å². The molecule has 2 aliphatic rings. The number of morpholine rings is 1. The minimum Gasteiger partial charge on any atom is -0.374 e. The summed E-state index contributed by atoms with van der Waals surface area (Å²) >= 11 is 0. The molecule has 3 atom stereocenters. The minimum absolute atomic E-state index is 0.297. The van der Waals surface area contributed by atoms with E-state index in [4.69, 9.17) is 9.47 Å². The molecule has 2 heterocycles. The summed E-state index contributed by atoms with van der Waals surface area (Å²) in [6.07, 6.45) is 0.599. The summed E-state index contributed by atoms with van der Waals surface area (Å²) < 4.78 is 11.5. The van der Waals surface area contributed by atoms with Crippen LogP contribution in [0.1, 0.15) is 13.8 Å². The van der Waals surface area contributed by atoms with Crippen LogP contribution >= 0.6 is 0 Å². The zero-order valence-electron chi connectivity index (χ0n) is 8.53. The van der Waals surface area contributed by atoms with Gasteiger partial charge in [-0.2, -0.15) is 0 Å². The smallest absolute Gasteiger partial charge is 0.0966 e. The molecular weight excluding hydrogens is 166 g/mol. The third kappa shape index (κ3) is 2.03. The molecule has 3 nitrogen and oxygen atoms in total. The second-order valence-corrected chi connectivity index (χ2v) is 4.29. The predicted molar refractivity (Wildman–Crippen MR) is 50.8 cm³/mol. The van der Waals surface area contributed by atoms with Crippen molar-refractivity contribution in [2.45, 2.75) is 26.1 Å². The molecule has 2 aliphatic heterocycles. The summed E-state index contributed by atoms with van der Waals surface area (Å²) in [4.78, 5) is 2.44. The van der Waals surface area contributed by atoms with Crippen molar-refractivity contribution in [3.63, 3.8) is 0 Å². The Hall–Kier alpha value is -0.120. The summed E-state index contributed by atoms with van der Waals surface area (Å²) in [5.74, 6) is 0.558. The highest BCUT2D eigenvalue weighted by Gasteiger charge is 2.33. The lowest BCUT2D eigenvalue weighted by Crippen LogP contribution is -2.47. The number of ether oxygens (including phenoxy) is 2. The van der Waals surface area contributed by atoms with Crippen LogP contribution in [-0.2, 0) is 9.47 Å². The van der Waals surface area contributed by atoms with Crippen LogP contribution < -0.4 is 0 Å². The van der Waals surface area contributed by atoms with E-state index >= 15 is 0 Å². The lowest BCUT2D eigenvalue weighted by Gasteiger charge is -2.34. The normalized spacial score (nSPS) is 40.4. The van der Waals surface area contributed by atoms with E-state index in [1.54, 1.807) is 0 Å². The van der Waals surface area contributed by atoms with Crippen molar-refractivity contribution in [3.05, 3.63) is 0 Å². The number of hydrogen-bond donors (Lipinski definition) is 0.